The highest BCUT2D eigenvalue weighted by atomic mass is 79.9. The van der Waals surface area contributed by atoms with E-state index >= 15 is 0 Å². The van der Waals surface area contributed by atoms with Crippen molar-refractivity contribution in [2.24, 2.45) is 5.41 Å². The van der Waals surface area contributed by atoms with Crippen LogP contribution in [0.4, 0.5) is 5.69 Å². The number of carbonyl (C=O) groups is 2. The molecule has 0 unspecified atom stereocenters. The number of benzene rings is 1. The summed E-state index contributed by atoms with van der Waals surface area (Å²) in [5, 5.41) is 2.95. The van der Waals surface area contributed by atoms with Gasteiger partial charge in [0.25, 0.3) is 5.91 Å². The molecular formula is C24H27BrN2O2. The first-order valence-electron chi connectivity index (χ1n) is 9.77. The van der Waals surface area contributed by atoms with Gasteiger partial charge in [-0.2, -0.15) is 0 Å². The van der Waals surface area contributed by atoms with Gasteiger partial charge < -0.3 is 9.72 Å². The Hall–Kier alpha value is -2.40. The number of Topliss-reactive ketones (excluding diaryl/α,β-unsaturated/α-hetero) is 1. The van der Waals surface area contributed by atoms with Crippen LogP contribution in [-0.2, 0) is 0 Å². The standard InChI is InChI=1S/C24H27BrN2O2/c1-14(2)16-11-12-27-19(13-16)20(22(28)24(4,5)6)15(3)21(27)23(29)26-18-9-7-17(25)8-10-18/h7-14H,1-6H3,(H,26,29). The van der Waals surface area contributed by atoms with E-state index in [-0.39, 0.29) is 11.7 Å². The lowest BCUT2D eigenvalue weighted by molar-refractivity contribution is 0.0859. The number of carbonyl (C=O) groups excluding carboxylic acids is 2. The highest BCUT2D eigenvalue weighted by Crippen LogP contribution is 2.32. The number of aromatic nitrogens is 1. The highest BCUT2D eigenvalue weighted by molar-refractivity contribution is 9.10. The predicted octanol–water partition coefficient (Wildman–Crippen LogP) is 6.61. The molecule has 0 fully saturated rings. The molecule has 5 heteroatoms. The zero-order chi connectivity index (χ0) is 21.5. The van der Waals surface area contributed by atoms with Gasteiger partial charge in [0.15, 0.2) is 5.78 Å². The Bertz CT molecular complexity index is 1090. The maximum Gasteiger partial charge on any atom is 0.272 e. The minimum Gasteiger partial charge on any atom is -0.321 e. The van der Waals surface area contributed by atoms with E-state index in [1.54, 1.807) is 0 Å². The first-order valence-corrected chi connectivity index (χ1v) is 10.6. The van der Waals surface area contributed by atoms with Gasteiger partial charge in [-0.05, 0) is 60.4 Å². The highest BCUT2D eigenvalue weighted by Gasteiger charge is 2.31. The number of nitrogens with zero attached hydrogens (tertiary/aromatic N) is 1. The number of ketones is 1. The van der Waals surface area contributed by atoms with E-state index in [1.807, 2.05) is 74.7 Å². The monoisotopic (exact) mass is 454 g/mol. The maximum absolute atomic E-state index is 13.3. The second kappa shape index (κ2) is 7.79. The lowest BCUT2D eigenvalue weighted by Gasteiger charge is -2.17. The molecule has 0 bridgehead atoms. The summed E-state index contributed by atoms with van der Waals surface area (Å²) in [6.07, 6.45) is 1.90. The third-order valence-corrected chi connectivity index (χ3v) is 5.63. The number of pyridine rings is 1. The Balaban J connectivity index is 2.18. The fourth-order valence-corrected chi connectivity index (χ4v) is 3.68. The van der Waals surface area contributed by atoms with Crippen molar-refractivity contribution in [1.82, 2.24) is 4.40 Å². The molecule has 1 amide bonds. The number of fused-ring (bicyclic) bond motifs is 1. The van der Waals surface area contributed by atoms with E-state index in [2.05, 4.69) is 35.1 Å². The summed E-state index contributed by atoms with van der Waals surface area (Å²) in [5.41, 5.74) is 3.91. The van der Waals surface area contributed by atoms with Crippen molar-refractivity contribution in [3.63, 3.8) is 0 Å². The van der Waals surface area contributed by atoms with Gasteiger partial charge in [0.1, 0.15) is 5.69 Å². The van der Waals surface area contributed by atoms with E-state index in [1.165, 1.54) is 0 Å². The van der Waals surface area contributed by atoms with Gasteiger partial charge in [0.2, 0.25) is 0 Å². The van der Waals surface area contributed by atoms with E-state index < -0.39 is 5.41 Å². The van der Waals surface area contributed by atoms with Crippen LogP contribution < -0.4 is 5.32 Å². The Morgan fingerprint density at radius 3 is 2.24 bits per heavy atom. The summed E-state index contributed by atoms with van der Waals surface area (Å²) >= 11 is 3.40. The molecule has 152 valence electrons. The van der Waals surface area contributed by atoms with Crippen molar-refractivity contribution in [2.45, 2.75) is 47.5 Å². The molecule has 29 heavy (non-hydrogen) atoms. The number of rotatable bonds is 4. The van der Waals surface area contributed by atoms with Crippen LogP contribution in [0.1, 0.15) is 72.5 Å². The van der Waals surface area contributed by atoms with Gasteiger partial charge in [0.05, 0.1) is 5.52 Å². The molecule has 1 aromatic carbocycles. The number of halogens is 1. The average Bonchev–Trinajstić information content (AvgIpc) is 2.93. The average molecular weight is 455 g/mol. The Morgan fingerprint density at radius 1 is 1.07 bits per heavy atom. The third-order valence-electron chi connectivity index (χ3n) is 5.10. The quantitative estimate of drug-likeness (QED) is 0.450. The molecule has 0 saturated carbocycles. The molecular weight excluding hydrogens is 428 g/mol. The second-order valence-electron chi connectivity index (χ2n) is 8.76. The number of hydrogen-bond donors (Lipinski definition) is 1. The normalized spacial score (nSPS) is 11.9. The van der Waals surface area contributed by atoms with Crippen LogP contribution in [0.2, 0.25) is 0 Å². The van der Waals surface area contributed by atoms with Crippen molar-refractivity contribution in [2.75, 3.05) is 5.32 Å². The summed E-state index contributed by atoms with van der Waals surface area (Å²) in [6, 6.07) is 11.5. The van der Waals surface area contributed by atoms with Gasteiger partial charge in [0, 0.05) is 27.3 Å². The number of amides is 1. The smallest absolute Gasteiger partial charge is 0.272 e. The fourth-order valence-electron chi connectivity index (χ4n) is 3.42. The zero-order valence-electron chi connectivity index (χ0n) is 17.8. The maximum atomic E-state index is 13.3. The van der Waals surface area contributed by atoms with Crippen molar-refractivity contribution in [3.05, 3.63) is 69.5 Å². The minimum atomic E-state index is -0.542. The van der Waals surface area contributed by atoms with Crippen LogP contribution >= 0.6 is 15.9 Å². The minimum absolute atomic E-state index is 0.0381. The summed E-state index contributed by atoms with van der Waals surface area (Å²) in [5.74, 6) is 0.133. The summed E-state index contributed by atoms with van der Waals surface area (Å²) in [6.45, 7) is 11.8. The van der Waals surface area contributed by atoms with Crippen molar-refractivity contribution in [3.8, 4) is 0 Å². The SMILES string of the molecule is Cc1c(C(=O)C(C)(C)C)c2cc(C(C)C)ccn2c1C(=O)Nc1ccc(Br)cc1. The molecule has 0 aliphatic rings. The molecule has 3 aromatic rings. The molecule has 0 aliphatic heterocycles. The predicted molar refractivity (Wildman–Crippen MR) is 122 cm³/mol. The lowest BCUT2D eigenvalue weighted by atomic mass is 9.85. The first kappa shape index (κ1) is 21.3. The van der Waals surface area contributed by atoms with Crippen LogP contribution in [0.25, 0.3) is 5.52 Å². The number of hydrogen-bond acceptors (Lipinski definition) is 2. The van der Waals surface area contributed by atoms with Crippen molar-refractivity contribution >= 4 is 38.8 Å². The number of anilines is 1. The molecule has 1 N–H and O–H groups in total. The van der Waals surface area contributed by atoms with Gasteiger partial charge in [-0.15, -0.1) is 0 Å². The summed E-state index contributed by atoms with van der Waals surface area (Å²) in [7, 11) is 0. The molecule has 3 rings (SSSR count). The van der Waals surface area contributed by atoms with E-state index in [0.717, 1.165) is 15.6 Å². The third kappa shape index (κ3) is 4.15. The molecule has 0 radical (unpaired) electrons. The zero-order valence-corrected chi connectivity index (χ0v) is 19.3. The van der Waals surface area contributed by atoms with Gasteiger partial charge in [-0.3, -0.25) is 9.59 Å². The van der Waals surface area contributed by atoms with Crippen LogP contribution in [-0.4, -0.2) is 16.1 Å². The Labute approximate surface area is 180 Å². The van der Waals surface area contributed by atoms with E-state index in [4.69, 9.17) is 0 Å². The Kier molecular flexibility index (Phi) is 5.72. The molecule has 2 heterocycles. The molecule has 0 aliphatic carbocycles. The lowest BCUT2D eigenvalue weighted by Crippen LogP contribution is -2.21. The van der Waals surface area contributed by atoms with E-state index in [9.17, 15) is 9.59 Å². The van der Waals surface area contributed by atoms with E-state index in [0.29, 0.717) is 28.4 Å². The molecule has 0 saturated heterocycles. The summed E-state index contributed by atoms with van der Waals surface area (Å²) in [4.78, 5) is 26.4. The van der Waals surface area contributed by atoms with Crippen molar-refractivity contribution in [1.29, 1.82) is 0 Å². The van der Waals surface area contributed by atoms with Crippen LogP contribution in [0.5, 0.6) is 0 Å². The fraction of sp³-hybridized carbons (Fsp3) is 0.333. The molecule has 2 aromatic heterocycles. The first-order chi connectivity index (χ1) is 13.5. The van der Waals surface area contributed by atoms with Crippen molar-refractivity contribution < 1.29 is 9.59 Å². The largest absolute Gasteiger partial charge is 0.321 e. The molecule has 0 atom stereocenters. The van der Waals surface area contributed by atoms with Crippen LogP contribution in [0.3, 0.4) is 0 Å². The number of nitrogens with one attached hydrogen (secondary N) is 1. The second-order valence-corrected chi connectivity index (χ2v) is 9.67. The topological polar surface area (TPSA) is 50.6 Å². The van der Waals surface area contributed by atoms with Crippen LogP contribution in [0.15, 0.2) is 47.1 Å². The Morgan fingerprint density at radius 2 is 1.69 bits per heavy atom. The summed E-state index contributed by atoms with van der Waals surface area (Å²) < 4.78 is 2.79. The van der Waals surface area contributed by atoms with Gasteiger partial charge in [-0.1, -0.05) is 50.5 Å². The van der Waals surface area contributed by atoms with Crippen LogP contribution in [0, 0.1) is 12.3 Å². The van der Waals surface area contributed by atoms with Gasteiger partial charge >= 0.3 is 0 Å². The van der Waals surface area contributed by atoms with Gasteiger partial charge in [-0.25, -0.2) is 0 Å². The molecule has 0 spiro atoms. The molecule has 4 nitrogen and oxygen atoms in total.